The highest BCUT2D eigenvalue weighted by Gasteiger charge is 2.44. The van der Waals surface area contributed by atoms with Gasteiger partial charge < -0.3 is 4.74 Å². The molecule has 1 radical (unpaired) electrons. The predicted octanol–water partition coefficient (Wildman–Crippen LogP) is 1.57. The highest BCUT2D eigenvalue weighted by atomic mass is 19.4. The average molecular weight is 207 g/mol. The van der Waals surface area contributed by atoms with Gasteiger partial charge in [0.05, 0.1) is 0 Å². The van der Waals surface area contributed by atoms with E-state index >= 15 is 0 Å². The monoisotopic (exact) mass is 207 g/mol. The minimum Gasteiger partial charge on any atom is -0.474 e. The molecule has 0 fully saturated rings. The third-order valence-electron chi connectivity index (χ3n) is 1.54. The molecule has 0 aromatic heterocycles. The molecule has 1 rings (SSSR count). The number of rotatable bonds is 3. The van der Waals surface area contributed by atoms with Crippen molar-refractivity contribution in [2.45, 2.75) is 6.18 Å². The summed E-state index contributed by atoms with van der Waals surface area (Å²) in [6.45, 7) is 3.56. The molecule has 0 aromatic rings. The Hall–Kier alpha value is -1.17. The highest BCUT2D eigenvalue weighted by Crippen LogP contribution is 2.32. The second-order valence-corrected chi connectivity index (χ2v) is 2.66. The van der Waals surface area contributed by atoms with E-state index in [1.165, 1.54) is 13.1 Å². The van der Waals surface area contributed by atoms with Crippen molar-refractivity contribution in [2.24, 2.45) is 0 Å². The van der Waals surface area contributed by atoms with Crippen molar-refractivity contribution in [3.05, 3.63) is 30.7 Å². The van der Waals surface area contributed by atoms with Crippen molar-refractivity contribution in [1.82, 2.24) is 10.4 Å². The zero-order valence-electron chi connectivity index (χ0n) is 7.56. The number of nitrogens with zero attached hydrogens (tertiary/aromatic N) is 1. The summed E-state index contributed by atoms with van der Waals surface area (Å²) in [7, 11) is 1.44. The van der Waals surface area contributed by atoms with Gasteiger partial charge in [0.15, 0.2) is 6.04 Å². The number of halogens is 3. The highest BCUT2D eigenvalue weighted by molar-refractivity contribution is 5.20. The van der Waals surface area contributed by atoms with Gasteiger partial charge in [-0.05, 0) is 0 Å². The molecule has 0 atom stereocenters. The second-order valence-electron chi connectivity index (χ2n) is 2.66. The van der Waals surface area contributed by atoms with Gasteiger partial charge in [-0.1, -0.05) is 12.7 Å². The van der Waals surface area contributed by atoms with Gasteiger partial charge in [-0.25, -0.2) is 5.43 Å². The lowest BCUT2D eigenvalue weighted by molar-refractivity contribution is -0.117. The molecule has 1 aliphatic rings. The third-order valence-corrected chi connectivity index (χ3v) is 1.54. The standard InChI is InChI=1S/C8H10F3N2O/c1-3-4-14-7-5-6(8(9,10)11)12-13(7)2/h3,5,12H,1,4H2,2H3. The minimum absolute atomic E-state index is 0.122. The van der Waals surface area contributed by atoms with Crippen LogP contribution in [0.4, 0.5) is 13.2 Å². The summed E-state index contributed by atoms with van der Waals surface area (Å²) >= 11 is 0. The Morgan fingerprint density at radius 3 is 2.71 bits per heavy atom. The van der Waals surface area contributed by atoms with Gasteiger partial charge >= 0.3 is 6.18 Å². The van der Waals surface area contributed by atoms with Crippen LogP contribution in [0, 0.1) is 6.04 Å². The van der Waals surface area contributed by atoms with Crippen molar-refractivity contribution >= 4 is 0 Å². The van der Waals surface area contributed by atoms with Crippen LogP contribution in [0.3, 0.4) is 0 Å². The summed E-state index contributed by atoms with van der Waals surface area (Å²) < 4.78 is 41.5. The average Bonchev–Trinajstić information content (AvgIpc) is 2.43. The lowest BCUT2D eigenvalue weighted by Gasteiger charge is -2.18. The van der Waals surface area contributed by atoms with Crippen LogP contribution in [-0.2, 0) is 4.74 Å². The van der Waals surface area contributed by atoms with Crippen LogP contribution < -0.4 is 5.43 Å². The first-order valence-corrected chi connectivity index (χ1v) is 3.85. The van der Waals surface area contributed by atoms with E-state index in [1.54, 1.807) is 0 Å². The maximum Gasteiger partial charge on any atom is 0.414 e. The first kappa shape index (κ1) is 10.9. The van der Waals surface area contributed by atoms with Crippen molar-refractivity contribution < 1.29 is 17.9 Å². The molecule has 0 spiro atoms. The minimum atomic E-state index is -4.38. The van der Waals surface area contributed by atoms with E-state index in [0.717, 1.165) is 11.1 Å². The fraction of sp³-hybridized carbons (Fsp3) is 0.375. The molecule has 0 aliphatic carbocycles. The summed E-state index contributed by atoms with van der Waals surface area (Å²) in [5, 5.41) is 1.16. The number of hydrazine groups is 1. The van der Waals surface area contributed by atoms with Crippen LogP contribution in [0.15, 0.2) is 24.6 Å². The molecule has 79 valence electrons. The molecule has 0 bridgehead atoms. The number of ether oxygens (including phenoxy) is 1. The summed E-state index contributed by atoms with van der Waals surface area (Å²) in [5.74, 6) is 0.122. The van der Waals surface area contributed by atoms with Gasteiger partial charge in [0, 0.05) is 13.1 Å². The zero-order chi connectivity index (χ0) is 10.8. The molecule has 3 nitrogen and oxygen atoms in total. The van der Waals surface area contributed by atoms with E-state index in [-0.39, 0.29) is 12.5 Å². The SMILES string of the molecule is C=CCOC1=C[C](C(F)(F)F)NN1C. The van der Waals surface area contributed by atoms with Gasteiger partial charge in [0.25, 0.3) is 0 Å². The number of hydrogen-bond donors (Lipinski definition) is 1. The Bertz CT molecular complexity index is 249. The topological polar surface area (TPSA) is 24.5 Å². The molecule has 0 aromatic carbocycles. The zero-order valence-corrected chi connectivity index (χ0v) is 7.56. The first-order valence-electron chi connectivity index (χ1n) is 3.85. The van der Waals surface area contributed by atoms with E-state index in [4.69, 9.17) is 4.74 Å². The van der Waals surface area contributed by atoms with Crippen molar-refractivity contribution in [3.63, 3.8) is 0 Å². The van der Waals surface area contributed by atoms with Gasteiger partial charge in [0.1, 0.15) is 6.61 Å². The molecular formula is C8H10F3N2O. The molecule has 1 heterocycles. The van der Waals surface area contributed by atoms with E-state index < -0.39 is 12.2 Å². The Morgan fingerprint density at radius 2 is 2.29 bits per heavy atom. The van der Waals surface area contributed by atoms with Gasteiger partial charge in [-0.15, -0.1) is 0 Å². The summed E-state index contributed by atoms with van der Waals surface area (Å²) in [6, 6.07) is -0.834. The number of nitrogens with one attached hydrogen (secondary N) is 1. The quantitative estimate of drug-likeness (QED) is 0.711. The first-order chi connectivity index (χ1) is 6.45. The molecule has 14 heavy (non-hydrogen) atoms. The molecule has 1 aliphatic heterocycles. The fourth-order valence-corrected chi connectivity index (χ4v) is 0.916. The molecule has 0 unspecified atom stereocenters. The predicted molar refractivity (Wildman–Crippen MR) is 44.4 cm³/mol. The molecule has 0 saturated carbocycles. The molecule has 0 amide bonds. The van der Waals surface area contributed by atoms with Crippen LogP contribution in [-0.4, -0.2) is 24.8 Å². The van der Waals surface area contributed by atoms with Crippen LogP contribution in [0.5, 0.6) is 0 Å². The van der Waals surface area contributed by atoms with Crippen molar-refractivity contribution in [1.29, 1.82) is 0 Å². The Morgan fingerprint density at radius 1 is 1.64 bits per heavy atom. The fourth-order valence-electron chi connectivity index (χ4n) is 0.916. The van der Waals surface area contributed by atoms with Crippen molar-refractivity contribution in [3.8, 4) is 0 Å². The lowest BCUT2D eigenvalue weighted by atomic mass is 10.3. The van der Waals surface area contributed by atoms with E-state index in [9.17, 15) is 13.2 Å². The Kier molecular flexibility index (Phi) is 3.05. The number of hydrogen-bond acceptors (Lipinski definition) is 3. The van der Waals surface area contributed by atoms with Gasteiger partial charge in [-0.3, -0.25) is 5.01 Å². The molecular weight excluding hydrogens is 197 g/mol. The Labute approximate surface area is 79.8 Å². The van der Waals surface area contributed by atoms with Crippen LogP contribution in [0.25, 0.3) is 0 Å². The molecule has 0 saturated heterocycles. The van der Waals surface area contributed by atoms with Crippen LogP contribution in [0.1, 0.15) is 0 Å². The lowest BCUT2D eigenvalue weighted by Crippen LogP contribution is -2.37. The van der Waals surface area contributed by atoms with E-state index in [0.29, 0.717) is 0 Å². The number of alkyl halides is 3. The smallest absolute Gasteiger partial charge is 0.414 e. The third kappa shape index (κ3) is 2.41. The summed E-state index contributed by atoms with van der Waals surface area (Å²) in [5.41, 5.74) is 2.13. The summed E-state index contributed by atoms with van der Waals surface area (Å²) in [4.78, 5) is 0. The molecule has 1 N–H and O–H groups in total. The second kappa shape index (κ2) is 3.91. The van der Waals surface area contributed by atoms with Crippen molar-refractivity contribution in [2.75, 3.05) is 13.7 Å². The largest absolute Gasteiger partial charge is 0.474 e. The Balaban J connectivity index is 2.62. The van der Waals surface area contributed by atoms with Gasteiger partial charge in [-0.2, -0.15) is 13.2 Å². The van der Waals surface area contributed by atoms with Gasteiger partial charge in [0.2, 0.25) is 5.88 Å². The van der Waals surface area contributed by atoms with E-state index in [1.807, 2.05) is 0 Å². The normalized spacial score (nSPS) is 18.3. The maximum absolute atomic E-state index is 12.2. The maximum atomic E-state index is 12.2. The van der Waals surface area contributed by atoms with Crippen LogP contribution >= 0.6 is 0 Å². The molecule has 6 heteroatoms. The van der Waals surface area contributed by atoms with E-state index in [2.05, 4.69) is 12.0 Å². The summed E-state index contributed by atoms with van der Waals surface area (Å²) in [6.07, 6.45) is -2.02. The van der Waals surface area contributed by atoms with Crippen LogP contribution in [0.2, 0.25) is 0 Å².